The molecule has 1 heterocycles. The Labute approximate surface area is 163 Å². The van der Waals surface area contributed by atoms with E-state index >= 15 is 0 Å². The normalized spacial score (nSPS) is 20.4. The molecule has 6 heteroatoms. The van der Waals surface area contributed by atoms with E-state index in [0.29, 0.717) is 11.7 Å². The number of hydrogen-bond acceptors (Lipinski definition) is 4. The van der Waals surface area contributed by atoms with Gasteiger partial charge < -0.3 is 15.4 Å². The third kappa shape index (κ3) is 5.32. The second-order valence-electron chi connectivity index (χ2n) is 7.98. The zero-order chi connectivity index (χ0) is 19.1. The number of hydrogen-bond donors (Lipinski definition) is 2. The summed E-state index contributed by atoms with van der Waals surface area (Å²) in [4.78, 5) is 12.4. The molecule has 6 nitrogen and oxygen atoms in total. The first-order chi connectivity index (χ1) is 13.2. The SMILES string of the molecule is CCOCCCNC1CCc2c(c(C(=O)NC)nn2CC2CCCCC2)C1. The third-order valence-electron chi connectivity index (χ3n) is 6.05. The fourth-order valence-corrected chi connectivity index (χ4v) is 4.55. The Kier molecular flexibility index (Phi) is 7.70. The first-order valence-electron chi connectivity index (χ1n) is 10.8. The largest absolute Gasteiger partial charge is 0.382 e. The number of fused-ring (bicyclic) bond motifs is 1. The molecule has 2 aliphatic carbocycles. The highest BCUT2D eigenvalue weighted by molar-refractivity contribution is 5.93. The van der Waals surface area contributed by atoms with Crippen molar-refractivity contribution >= 4 is 5.91 Å². The molecule has 27 heavy (non-hydrogen) atoms. The molecule has 0 aliphatic heterocycles. The van der Waals surface area contributed by atoms with E-state index in [2.05, 4.69) is 15.3 Å². The van der Waals surface area contributed by atoms with Crippen LogP contribution in [0.4, 0.5) is 0 Å². The van der Waals surface area contributed by atoms with Crippen molar-refractivity contribution in [3.63, 3.8) is 0 Å². The van der Waals surface area contributed by atoms with Crippen LogP contribution in [0.2, 0.25) is 0 Å². The molecule has 1 saturated carbocycles. The van der Waals surface area contributed by atoms with E-state index in [9.17, 15) is 4.79 Å². The summed E-state index contributed by atoms with van der Waals surface area (Å²) >= 11 is 0. The van der Waals surface area contributed by atoms with Crippen molar-refractivity contribution < 1.29 is 9.53 Å². The van der Waals surface area contributed by atoms with Crippen LogP contribution in [0, 0.1) is 5.92 Å². The minimum absolute atomic E-state index is 0.0503. The van der Waals surface area contributed by atoms with Crippen molar-refractivity contribution in [2.45, 2.75) is 77.3 Å². The minimum Gasteiger partial charge on any atom is -0.382 e. The van der Waals surface area contributed by atoms with Gasteiger partial charge in [0.25, 0.3) is 5.91 Å². The van der Waals surface area contributed by atoms with Crippen LogP contribution in [-0.2, 0) is 24.1 Å². The van der Waals surface area contributed by atoms with Gasteiger partial charge in [-0.25, -0.2) is 0 Å². The van der Waals surface area contributed by atoms with Crippen molar-refractivity contribution in [2.24, 2.45) is 5.92 Å². The highest BCUT2D eigenvalue weighted by Crippen LogP contribution is 2.29. The third-order valence-corrected chi connectivity index (χ3v) is 6.05. The highest BCUT2D eigenvalue weighted by atomic mass is 16.5. The Morgan fingerprint density at radius 3 is 2.81 bits per heavy atom. The average Bonchev–Trinajstić information content (AvgIpc) is 3.06. The Balaban J connectivity index is 1.66. The van der Waals surface area contributed by atoms with Gasteiger partial charge in [0, 0.05) is 44.1 Å². The summed E-state index contributed by atoms with van der Waals surface area (Å²) in [6, 6.07) is 0.426. The van der Waals surface area contributed by atoms with Crippen LogP contribution in [0.25, 0.3) is 0 Å². The summed E-state index contributed by atoms with van der Waals surface area (Å²) in [5.74, 6) is 0.667. The molecule has 0 saturated heterocycles. The molecule has 1 aromatic rings. The molecule has 0 bridgehead atoms. The van der Waals surface area contributed by atoms with Crippen molar-refractivity contribution in [3.8, 4) is 0 Å². The molecule has 2 aliphatic rings. The van der Waals surface area contributed by atoms with Gasteiger partial charge in [0.15, 0.2) is 5.69 Å². The second kappa shape index (κ2) is 10.2. The van der Waals surface area contributed by atoms with E-state index in [0.717, 1.165) is 57.9 Å². The predicted octanol–water partition coefficient (Wildman–Crippen LogP) is 2.70. The Morgan fingerprint density at radius 2 is 2.07 bits per heavy atom. The van der Waals surface area contributed by atoms with E-state index in [1.54, 1.807) is 7.05 Å². The Bertz CT molecular complexity index is 608. The lowest BCUT2D eigenvalue weighted by atomic mass is 9.88. The van der Waals surface area contributed by atoms with E-state index in [-0.39, 0.29) is 5.91 Å². The predicted molar refractivity (Wildman–Crippen MR) is 107 cm³/mol. The van der Waals surface area contributed by atoms with Gasteiger partial charge in [-0.2, -0.15) is 5.10 Å². The zero-order valence-electron chi connectivity index (χ0n) is 17.1. The van der Waals surface area contributed by atoms with Crippen LogP contribution in [0.15, 0.2) is 0 Å². The van der Waals surface area contributed by atoms with Gasteiger partial charge in [-0.3, -0.25) is 9.48 Å². The van der Waals surface area contributed by atoms with Gasteiger partial charge in [0.05, 0.1) is 0 Å². The molecular formula is C21H36N4O2. The number of carbonyl (C=O) groups is 1. The van der Waals surface area contributed by atoms with E-state index in [4.69, 9.17) is 9.84 Å². The van der Waals surface area contributed by atoms with Gasteiger partial charge in [0.2, 0.25) is 0 Å². The van der Waals surface area contributed by atoms with Crippen LogP contribution < -0.4 is 10.6 Å². The number of ether oxygens (including phenoxy) is 1. The van der Waals surface area contributed by atoms with Crippen LogP contribution in [0.5, 0.6) is 0 Å². The van der Waals surface area contributed by atoms with Gasteiger partial charge in [-0.1, -0.05) is 19.3 Å². The molecule has 1 unspecified atom stereocenters. The highest BCUT2D eigenvalue weighted by Gasteiger charge is 2.29. The second-order valence-corrected chi connectivity index (χ2v) is 7.98. The smallest absolute Gasteiger partial charge is 0.271 e. The Morgan fingerprint density at radius 1 is 1.26 bits per heavy atom. The van der Waals surface area contributed by atoms with Gasteiger partial charge in [-0.05, 0) is 57.9 Å². The average molecular weight is 377 g/mol. The van der Waals surface area contributed by atoms with Crippen LogP contribution >= 0.6 is 0 Å². The fraction of sp³-hybridized carbons (Fsp3) is 0.810. The number of aromatic nitrogens is 2. The summed E-state index contributed by atoms with van der Waals surface area (Å²) < 4.78 is 7.58. The molecule has 0 aromatic carbocycles. The lowest BCUT2D eigenvalue weighted by Crippen LogP contribution is -2.36. The molecule has 1 atom stereocenters. The van der Waals surface area contributed by atoms with Crippen molar-refractivity contribution in [2.75, 3.05) is 26.8 Å². The number of carbonyl (C=O) groups excluding carboxylic acids is 1. The minimum atomic E-state index is -0.0503. The van der Waals surface area contributed by atoms with Crippen molar-refractivity contribution in [1.82, 2.24) is 20.4 Å². The first kappa shape index (κ1) is 20.3. The van der Waals surface area contributed by atoms with Gasteiger partial charge in [0.1, 0.15) is 0 Å². The van der Waals surface area contributed by atoms with Crippen LogP contribution in [0.3, 0.4) is 0 Å². The van der Waals surface area contributed by atoms with E-state index in [1.165, 1.54) is 43.4 Å². The maximum atomic E-state index is 12.4. The van der Waals surface area contributed by atoms with E-state index in [1.807, 2.05) is 6.92 Å². The summed E-state index contributed by atoms with van der Waals surface area (Å²) in [6.45, 7) is 5.56. The quantitative estimate of drug-likeness (QED) is 0.650. The molecule has 2 N–H and O–H groups in total. The molecule has 1 fully saturated rings. The number of rotatable bonds is 9. The van der Waals surface area contributed by atoms with Gasteiger partial charge >= 0.3 is 0 Å². The maximum absolute atomic E-state index is 12.4. The molecule has 1 aromatic heterocycles. The monoisotopic (exact) mass is 376 g/mol. The summed E-state index contributed by atoms with van der Waals surface area (Å²) in [5, 5.41) is 11.2. The molecular weight excluding hydrogens is 340 g/mol. The summed E-state index contributed by atoms with van der Waals surface area (Å²) in [6.07, 6.45) is 10.7. The lowest BCUT2D eigenvalue weighted by molar-refractivity contribution is 0.0956. The maximum Gasteiger partial charge on any atom is 0.271 e. The summed E-state index contributed by atoms with van der Waals surface area (Å²) in [7, 11) is 1.70. The number of nitrogens with zero attached hydrogens (tertiary/aromatic N) is 2. The Hall–Kier alpha value is -1.40. The zero-order valence-corrected chi connectivity index (χ0v) is 17.1. The summed E-state index contributed by atoms with van der Waals surface area (Å²) in [5.41, 5.74) is 3.11. The standard InChI is InChI=1S/C21H36N4O2/c1-3-27-13-7-12-23-17-10-11-19-18(14-17)20(21(26)22-2)24-25(19)15-16-8-5-4-6-9-16/h16-17,23H,3-15H2,1-2H3,(H,22,26). The molecule has 152 valence electrons. The van der Waals surface area contributed by atoms with E-state index < -0.39 is 0 Å². The van der Waals surface area contributed by atoms with Crippen molar-refractivity contribution in [1.29, 1.82) is 0 Å². The number of nitrogens with one attached hydrogen (secondary N) is 2. The topological polar surface area (TPSA) is 68.2 Å². The van der Waals surface area contributed by atoms with Crippen LogP contribution in [-0.4, -0.2) is 48.5 Å². The first-order valence-corrected chi connectivity index (χ1v) is 10.8. The molecule has 3 rings (SSSR count). The van der Waals surface area contributed by atoms with Gasteiger partial charge in [-0.15, -0.1) is 0 Å². The molecule has 1 amide bonds. The fourth-order valence-electron chi connectivity index (χ4n) is 4.55. The van der Waals surface area contributed by atoms with Crippen LogP contribution in [0.1, 0.15) is 73.6 Å². The van der Waals surface area contributed by atoms with Crippen molar-refractivity contribution in [3.05, 3.63) is 17.0 Å². The molecule has 0 spiro atoms. The number of amides is 1. The molecule has 0 radical (unpaired) electrons. The lowest BCUT2D eigenvalue weighted by Gasteiger charge is -2.26.